The first kappa shape index (κ1) is 13.2. The van der Waals surface area contributed by atoms with Gasteiger partial charge in [0, 0.05) is 18.1 Å². The van der Waals surface area contributed by atoms with Crippen LogP contribution in [0.15, 0.2) is 42.7 Å². The van der Waals surface area contributed by atoms with Crippen LogP contribution in [0.2, 0.25) is 5.15 Å². The van der Waals surface area contributed by atoms with Crippen LogP contribution in [0.3, 0.4) is 0 Å². The number of anilines is 1. The van der Waals surface area contributed by atoms with Crippen LogP contribution in [0, 0.1) is 5.82 Å². The van der Waals surface area contributed by atoms with Crippen molar-refractivity contribution in [3.05, 3.63) is 64.8 Å². The molecule has 3 nitrogen and oxygen atoms in total. The second kappa shape index (κ2) is 6.11. The van der Waals surface area contributed by atoms with Gasteiger partial charge in [0.25, 0.3) is 0 Å². The minimum absolute atomic E-state index is 0.166. The van der Waals surface area contributed by atoms with Crippen LogP contribution in [0.5, 0.6) is 0 Å². The van der Waals surface area contributed by atoms with E-state index in [1.807, 2.05) is 0 Å². The Kier molecular flexibility index (Phi) is 4.26. The number of halogens is 2. The smallest absolute Gasteiger partial charge is 0.153 e. The number of nitrogens with one attached hydrogen (secondary N) is 1. The highest BCUT2D eigenvalue weighted by Crippen LogP contribution is 2.16. The molecule has 0 unspecified atom stereocenters. The van der Waals surface area contributed by atoms with Crippen LogP contribution in [0.1, 0.15) is 15.9 Å². The molecule has 5 heteroatoms. The van der Waals surface area contributed by atoms with Gasteiger partial charge >= 0.3 is 0 Å². The number of aromatic nitrogens is 1. The summed E-state index contributed by atoms with van der Waals surface area (Å²) in [5.41, 5.74) is 1.73. The van der Waals surface area contributed by atoms with Crippen molar-refractivity contribution >= 4 is 29.7 Å². The van der Waals surface area contributed by atoms with Crippen LogP contribution in [0.4, 0.5) is 10.1 Å². The lowest BCUT2D eigenvalue weighted by atomic mass is 10.1. The SMILES string of the molecule is O=Cc1c(/C=C\Nc2ccc(F)cc2)ccnc1Cl. The van der Waals surface area contributed by atoms with E-state index in [2.05, 4.69) is 10.3 Å². The molecule has 1 aromatic heterocycles. The van der Waals surface area contributed by atoms with Crippen molar-refractivity contribution in [2.24, 2.45) is 0 Å². The van der Waals surface area contributed by atoms with Gasteiger partial charge in [-0.2, -0.15) is 0 Å². The van der Waals surface area contributed by atoms with Crippen LogP contribution in [-0.4, -0.2) is 11.3 Å². The summed E-state index contributed by atoms with van der Waals surface area (Å²) < 4.78 is 12.7. The second-order valence-electron chi connectivity index (χ2n) is 3.71. The molecule has 1 aromatic carbocycles. The van der Waals surface area contributed by atoms with E-state index in [0.29, 0.717) is 17.4 Å². The van der Waals surface area contributed by atoms with Crippen LogP contribution >= 0.6 is 11.6 Å². The maximum atomic E-state index is 12.7. The molecule has 96 valence electrons. The van der Waals surface area contributed by atoms with E-state index in [-0.39, 0.29) is 11.0 Å². The molecule has 0 spiro atoms. The molecule has 0 aliphatic carbocycles. The van der Waals surface area contributed by atoms with Gasteiger partial charge in [-0.15, -0.1) is 0 Å². The molecule has 1 N–H and O–H groups in total. The third-order valence-electron chi connectivity index (χ3n) is 2.45. The van der Waals surface area contributed by atoms with Gasteiger partial charge in [0.2, 0.25) is 0 Å². The topological polar surface area (TPSA) is 42.0 Å². The minimum Gasteiger partial charge on any atom is -0.362 e. The number of nitrogens with zero attached hydrogens (tertiary/aromatic N) is 1. The molecule has 2 rings (SSSR count). The summed E-state index contributed by atoms with van der Waals surface area (Å²) >= 11 is 5.80. The molecule has 2 aromatic rings. The Morgan fingerprint density at radius 1 is 1.21 bits per heavy atom. The van der Waals surface area contributed by atoms with E-state index >= 15 is 0 Å². The summed E-state index contributed by atoms with van der Waals surface area (Å²) in [5.74, 6) is -0.293. The minimum atomic E-state index is -0.293. The zero-order valence-electron chi connectivity index (χ0n) is 9.81. The zero-order chi connectivity index (χ0) is 13.7. The number of rotatable bonds is 4. The first-order valence-corrected chi connectivity index (χ1v) is 5.87. The van der Waals surface area contributed by atoms with Crippen molar-refractivity contribution in [2.75, 3.05) is 5.32 Å². The number of benzene rings is 1. The Morgan fingerprint density at radius 2 is 1.95 bits per heavy atom. The van der Waals surface area contributed by atoms with Crippen molar-refractivity contribution in [1.82, 2.24) is 4.98 Å². The maximum Gasteiger partial charge on any atom is 0.153 e. The molecule has 0 bridgehead atoms. The van der Waals surface area contributed by atoms with Crippen LogP contribution < -0.4 is 5.32 Å². The molecule has 0 saturated heterocycles. The fraction of sp³-hybridized carbons (Fsp3) is 0. The average Bonchev–Trinajstić information content (AvgIpc) is 2.41. The fourth-order valence-electron chi connectivity index (χ4n) is 1.50. The molecular formula is C14H10ClFN2O. The van der Waals surface area contributed by atoms with E-state index in [4.69, 9.17) is 11.6 Å². The van der Waals surface area contributed by atoms with Crippen LogP contribution in [0.25, 0.3) is 6.08 Å². The van der Waals surface area contributed by atoms with Crippen LogP contribution in [-0.2, 0) is 0 Å². The van der Waals surface area contributed by atoms with E-state index in [1.54, 1.807) is 30.5 Å². The Balaban J connectivity index is 2.13. The largest absolute Gasteiger partial charge is 0.362 e. The highest BCUT2D eigenvalue weighted by atomic mass is 35.5. The number of carbonyl (C=O) groups excluding carboxylic acids is 1. The molecule has 0 atom stereocenters. The van der Waals surface area contributed by atoms with Gasteiger partial charge in [0.05, 0.1) is 5.56 Å². The Bertz CT molecular complexity index is 611. The highest BCUT2D eigenvalue weighted by Gasteiger charge is 2.03. The van der Waals surface area contributed by atoms with Crippen molar-refractivity contribution in [3.63, 3.8) is 0 Å². The van der Waals surface area contributed by atoms with Crippen molar-refractivity contribution in [3.8, 4) is 0 Å². The normalized spacial score (nSPS) is 10.6. The number of carbonyl (C=O) groups is 1. The Morgan fingerprint density at radius 3 is 2.63 bits per heavy atom. The predicted molar refractivity (Wildman–Crippen MR) is 73.7 cm³/mol. The average molecular weight is 277 g/mol. The standard InChI is InChI=1S/C14H10ClFN2O/c15-14-13(9-19)10(6-8-18-14)5-7-17-12-3-1-11(16)2-4-12/h1-9,17H/b7-5-. The molecule has 0 aliphatic rings. The monoisotopic (exact) mass is 276 g/mol. The van der Waals surface area contributed by atoms with Gasteiger partial charge in [-0.05, 0) is 42.0 Å². The summed E-state index contributed by atoms with van der Waals surface area (Å²) in [7, 11) is 0. The van der Waals surface area contributed by atoms with Gasteiger partial charge in [0.1, 0.15) is 11.0 Å². The molecular weight excluding hydrogens is 267 g/mol. The summed E-state index contributed by atoms with van der Waals surface area (Å²) in [6, 6.07) is 7.62. The summed E-state index contributed by atoms with van der Waals surface area (Å²) in [5, 5.41) is 3.13. The van der Waals surface area contributed by atoms with E-state index in [1.165, 1.54) is 18.3 Å². The highest BCUT2D eigenvalue weighted by molar-refractivity contribution is 6.32. The zero-order valence-corrected chi connectivity index (χ0v) is 10.6. The summed E-state index contributed by atoms with van der Waals surface area (Å²) in [6.45, 7) is 0. The maximum absolute atomic E-state index is 12.7. The lowest BCUT2D eigenvalue weighted by Crippen LogP contribution is -1.92. The Hall–Kier alpha value is -2.20. The molecule has 0 radical (unpaired) electrons. The third-order valence-corrected chi connectivity index (χ3v) is 2.75. The third kappa shape index (κ3) is 3.39. The van der Waals surface area contributed by atoms with Gasteiger partial charge < -0.3 is 5.32 Å². The van der Waals surface area contributed by atoms with E-state index in [9.17, 15) is 9.18 Å². The Labute approximate surface area is 114 Å². The second-order valence-corrected chi connectivity index (χ2v) is 4.07. The first-order valence-electron chi connectivity index (χ1n) is 5.49. The van der Waals surface area contributed by atoms with Crippen molar-refractivity contribution in [1.29, 1.82) is 0 Å². The lowest BCUT2D eigenvalue weighted by molar-refractivity contribution is 0.112. The first-order chi connectivity index (χ1) is 9.20. The van der Waals surface area contributed by atoms with Crippen molar-refractivity contribution < 1.29 is 9.18 Å². The van der Waals surface area contributed by atoms with Crippen molar-refractivity contribution in [2.45, 2.75) is 0 Å². The molecule has 0 saturated carbocycles. The van der Waals surface area contributed by atoms with Gasteiger partial charge in [-0.1, -0.05) is 11.6 Å². The van der Waals surface area contributed by atoms with Gasteiger partial charge in [-0.3, -0.25) is 4.79 Å². The van der Waals surface area contributed by atoms with E-state index in [0.717, 1.165) is 5.69 Å². The number of hydrogen-bond donors (Lipinski definition) is 1. The number of hydrogen-bond acceptors (Lipinski definition) is 3. The molecule has 1 heterocycles. The molecule has 19 heavy (non-hydrogen) atoms. The number of aldehydes is 1. The predicted octanol–water partition coefficient (Wildman–Crippen LogP) is 3.77. The van der Waals surface area contributed by atoms with Gasteiger partial charge in [0.15, 0.2) is 6.29 Å². The quantitative estimate of drug-likeness (QED) is 0.683. The summed E-state index contributed by atoms with van der Waals surface area (Å²) in [6.07, 6.45) is 5.52. The summed E-state index contributed by atoms with van der Waals surface area (Å²) in [4.78, 5) is 14.7. The fourth-order valence-corrected chi connectivity index (χ4v) is 1.71. The lowest BCUT2D eigenvalue weighted by Gasteiger charge is -2.02. The molecule has 0 aliphatic heterocycles. The van der Waals surface area contributed by atoms with E-state index < -0.39 is 0 Å². The molecule has 0 amide bonds. The molecule has 0 fully saturated rings. The number of pyridine rings is 1. The van der Waals surface area contributed by atoms with Gasteiger partial charge in [-0.25, -0.2) is 9.37 Å².